The summed E-state index contributed by atoms with van der Waals surface area (Å²) in [5, 5.41) is 21.7. The number of nitrogens with zero attached hydrogens (tertiary/aromatic N) is 2. The van der Waals surface area contributed by atoms with Gasteiger partial charge in [-0.3, -0.25) is 10.1 Å². The van der Waals surface area contributed by atoms with Crippen molar-refractivity contribution in [2.24, 2.45) is 10.9 Å². The van der Waals surface area contributed by atoms with Crippen LogP contribution in [0.4, 0.5) is 5.69 Å². The minimum Gasteiger partial charge on any atom is -0.478 e. The lowest BCUT2D eigenvalue weighted by Crippen LogP contribution is -2.21. The van der Waals surface area contributed by atoms with Crippen molar-refractivity contribution in [2.45, 2.75) is 0 Å². The van der Waals surface area contributed by atoms with E-state index >= 15 is 0 Å². The summed E-state index contributed by atoms with van der Waals surface area (Å²) < 4.78 is 5.50. The Hall–Kier alpha value is -1.83. The molecular weight excluding hydrogens is 282 g/mol. The van der Waals surface area contributed by atoms with Gasteiger partial charge in [0.1, 0.15) is 6.61 Å². The molecule has 0 spiro atoms. The van der Waals surface area contributed by atoms with Crippen molar-refractivity contribution in [2.75, 3.05) is 6.61 Å². The van der Waals surface area contributed by atoms with E-state index in [9.17, 15) is 10.1 Å². The molecule has 8 heteroatoms. The maximum absolute atomic E-state index is 10.7. The lowest BCUT2D eigenvalue weighted by molar-refractivity contribution is -0.385. The molecule has 0 unspecified atom stereocenters. The summed E-state index contributed by atoms with van der Waals surface area (Å²) in [4.78, 5) is 10.1. The Labute approximate surface area is 98.8 Å². The van der Waals surface area contributed by atoms with E-state index in [1.807, 2.05) is 0 Å². The zero-order valence-corrected chi connectivity index (χ0v) is 9.55. The number of hydrogen-bond acceptors (Lipinski definition) is 5. The van der Waals surface area contributed by atoms with Gasteiger partial charge in [-0.2, -0.15) is 0 Å². The molecule has 1 rings (SSSR count). The molecule has 16 heavy (non-hydrogen) atoms. The summed E-state index contributed by atoms with van der Waals surface area (Å²) >= 11 is 3.11. The highest BCUT2D eigenvalue weighted by Gasteiger charge is 2.18. The average Bonchev–Trinajstić information content (AvgIpc) is 2.26. The molecule has 0 aliphatic rings. The van der Waals surface area contributed by atoms with Gasteiger partial charge in [0.2, 0.25) is 5.75 Å². The van der Waals surface area contributed by atoms with Crippen molar-refractivity contribution in [1.29, 1.82) is 0 Å². The fourth-order valence-electron chi connectivity index (χ4n) is 0.959. The fraction of sp³-hybridized carbons (Fsp3) is 0.125. The van der Waals surface area contributed by atoms with Gasteiger partial charge < -0.3 is 15.7 Å². The summed E-state index contributed by atoms with van der Waals surface area (Å²) in [6, 6.07) is 4.40. The van der Waals surface area contributed by atoms with Crippen LogP contribution in [-0.4, -0.2) is 22.6 Å². The van der Waals surface area contributed by atoms with Crippen LogP contribution in [0.25, 0.3) is 0 Å². The molecule has 0 aromatic heterocycles. The molecule has 3 N–H and O–H groups in total. The fourth-order valence-corrected chi connectivity index (χ4v) is 1.43. The second-order valence-electron chi connectivity index (χ2n) is 2.73. The van der Waals surface area contributed by atoms with Crippen LogP contribution in [0.1, 0.15) is 0 Å². The number of rotatable bonds is 4. The summed E-state index contributed by atoms with van der Waals surface area (Å²) in [6.07, 6.45) is 0. The first-order chi connectivity index (χ1) is 7.56. The van der Waals surface area contributed by atoms with E-state index in [1.54, 1.807) is 6.07 Å². The molecule has 0 heterocycles. The highest BCUT2D eigenvalue weighted by molar-refractivity contribution is 9.10. The van der Waals surface area contributed by atoms with Gasteiger partial charge in [0, 0.05) is 6.07 Å². The van der Waals surface area contributed by atoms with Crippen LogP contribution < -0.4 is 10.5 Å². The molecule has 1 aromatic rings. The molecule has 0 radical (unpaired) electrons. The van der Waals surface area contributed by atoms with Crippen LogP contribution in [0.3, 0.4) is 0 Å². The Balaban J connectivity index is 2.97. The maximum Gasteiger partial charge on any atom is 0.312 e. The second-order valence-corrected chi connectivity index (χ2v) is 3.58. The van der Waals surface area contributed by atoms with Gasteiger partial charge in [0.05, 0.1) is 9.40 Å². The molecule has 1 aromatic carbocycles. The number of nitro groups is 1. The third kappa shape index (κ3) is 2.83. The van der Waals surface area contributed by atoms with Gasteiger partial charge in [0.25, 0.3) is 0 Å². The molecular formula is C8H8BrN3O4. The van der Waals surface area contributed by atoms with Gasteiger partial charge in [-0.05, 0) is 22.0 Å². The topological polar surface area (TPSA) is 111 Å². The Morgan fingerprint density at radius 1 is 1.69 bits per heavy atom. The summed E-state index contributed by atoms with van der Waals surface area (Å²) in [5.74, 6) is -0.135. The van der Waals surface area contributed by atoms with Gasteiger partial charge in [-0.15, -0.1) is 0 Å². The Morgan fingerprint density at radius 3 is 2.94 bits per heavy atom. The Morgan fingerprint density at radius 2 is 2.38 bits per heavy atom. The zero-order valence-electron chi connectivity index (χ0n) is 7.96. The zero-order chi connectivity index (χ0) is 12.1. The van der Waals surface area contributed by atoms with E-state index in [2.05, 4.69) is 21.1 Å². The lowest BCUT2D eigenvalue weighted by Gasteiger charge is -2.07. The number of nitro benzene ring substituents is 1. The van der Waals surface area contributed by atoms with Crippen LogP contribution in [0, 0.1) is 10.1 Å². The minimum absolute atomic E-state index is 0.0408. The molecule has 86 valence electrons. The van der Waals surface area contributed by atoms with Gasteiger partial charge in [0.15, 0.2) is 5.84 Å². The number of hydrogen-bond donors (Lipinski definition) is 2. The van der Waals surface area contributed by atoms with Crippen LogP contribution in [0.15, 0.2) is 27.8 Å². The molecule has 0 aliphatic carbocycles. The van der Waals surface area contributed by atoms with Crippen molar-refractivity contribution in [3.8, 4) is 5.75 Å². The van der Waals surface area contributed by atoms with E-state index in [0.29, 0.717) is 4.47 Å². The standard InChI is InChI=1S/C8H8BrN3O4/c9-5-2-1-3-6(12(14)15)8(5)16-4-7(10)11-13/h1-3,13H,4H2,(H2,10,11). The number of ether oxygens (including phenoxy) is 1. The lowest BCUT2D eigenvalue weighted by atomic mass is 10.3. The largest absolute Gasteiger partial charge is 0.478 e. The number of nitrogens with two attached hydrogens (primary N) is 1. The Bertz CT molecular complexity index is 435. The van der Waals surface area contributed by atoms with Crippen LogP contribution in [0.5, 0.6) is 5.75 Å². The van der Waals surface area contributed by atoms with Crippen molar-refractivity contribution < 1.29 is 14.9 Å². The molecule has 0 saturated carbocycles. The average molecular weight is 290 g/mol. The molecule has 0 aliphatic heterocycles. The molecule has 0 amide bonds. The van der Waals surface area contributed by atoms with Crippen molar-refractivity contribution in [3.05, 3.63) is 32.8 Å². The first-order valence-electron chi connectivity index (χ1n) is 4.08. The highest BCUT2D eigenvalue weighted by atomic mass is 79.9. The number of halogens is 1. The van der Waals surface area contributed by atoms with E-state index in [4.69, 9.17) is 15.7 Å². The minimum atomic E-state index is -0.577. The number of para-hydroxylation sites is 1. The van der Waals surface area contributed by atoms with Crippen molar-refractivity contribution in [3.63, 3.8) is 0 Å². The molecule has 0 atom stereocenters. The molecule has 0 fully saturated rings. The molecule has 7 nitrogen and oxygen atoms in total. The summed E-state index contributed by atoms with van der Waals surface area (Å²) in [6.45, 7) is -0.236. The Kier molecular flexibility index (Phi) is 4.06. The monoisotopic (exact) mass is 289 g/mol. The molecule has 0 bridgehead atoms. The second kappa shape index (κ2) is 5.31. The van der Waals surface area contributed by atoms with Crippen molar-refractivity contribution >= 4 is 27.5 Å². The third-order valence-corrected chi connectivity index (χ3v) is 2.26. The van der Waals surface area contributed by atoms with Crippen LogP contribution >= 0.6 is 15.9 Å². The normalized spacial score (nSPS) is 11.2. The van der Waals surface area contributed by atoms with E-state index in [0.717, 1.165) is 0 Å². The molecule has 0 saturated heterocycles. The summed E-state index contributed by atoms with van der Waals surface area (Å²) in [5.41, 5.74) is 4.99. The van der Waals surface area contributed by atoms with Crippen LogP contribution in [-0.2, 0) is 0 Å². The third-order valence-electron chi connectivity index (χ3n) is 1.64. The van der Waals surface area contributed by atoms with Crippen molar-refractivity contribution in [1.82, 2.24) is 0 Å². The van der Waals surface area contributed by atoms with Gasteiger partial charge in [-0.1, -0.05) is 11.2 Å². The van der Waals surface area contributed by atoms with E-state index in [1.165, 1.54) is 12.1 Å². The SMILES string of the molecule is N/C(COc1c(Br)cccc1[N+](=O)[O-])=N/O. The smallest absolute Gasteiger partial charge is 0.312 e. The predicted octanol–water partition coefficient (Wildman–Crippen LogP) is 1.48. The number of amidine groups is 1. The quantitative estimate of drug-likeness (QED) is 0.287. The summed E-state index contributed by atoms with van der Waals surface area (Å²) in [7, 11) is 0. The first-order valence-corrected chi connectivity index (χ1v) is 4.87. The first kappa shape index (κ1) is 12.2. The predicted molar refractivity (Wildman–Crippen MR) is 59.7 cm³/mol. The van der Waals surface area contributed by atoms with Gasteiger partial charge >= 0.3 is 5.69 Å². The van der Waals surface area contributed by atoms with E-state index in [-0.39, 0.29) is 23.9 Å². The maximum atomic E-state index is 10.7. The van der Waals surface area contributed by atoms with Crippen LogP contribution in [0.2, 0.25) is 0 Å². The number of oxime groups is 1. The highest BCUT2D eigenvalue weighted by Crippen LogP contribution is 2.34. The van der Waals surface area contributed by atoms with Gasteiger partial charge in [-0.25, -0.2) is 0 Å². The number of benzene rings is 1. The van der Waals surface area contributed by atoms with E-state index < -0.39 is 4.92 Å².